The number of rotatable bonds is 5. The van der Waals surface area contributed by atoms with Crippen LogP contribution in [0.5, 0.6) is 0 Å². The van der Waals surface area contributed by atoms with Crippen molar-refractivity contribution >= 4 is 0 Å². The van der Waals surface area contributed by atoms with Crippen LogP contribution in [0.2, 0.25) is 0 Å². The molecule has 2 rings (SSSR count). The van der Waals surface area contributed by atoms with Gasteiger partial charge in [-0.2, -0.15) is 0 Å². The van der Waals surface area contributed by atoms with E-state index in [0.717, 1.165) is 0 Å². The summed E-state index contributed by atoms with van der Waals surface area (Å²) in [6.07, 6.45) is 6.42. The molecule has 0 radical (unpaired) electrons. The smallest absolute Gasteiger partial charge is 0.0436 e. The van der Waals surface area contributed by atoms with E-state index < -0.39 is 0 Å². The SMILES string of the molecule is CCC(CC)NC1(c2ccccc2)CCC1. The monoisotopic (exact) mass is 217 g/mol. The van der Waals surface area contributed by atoms with Gasteiger partial charge in [0.2, 0.25) is 0 Å². The molecule has 1 nitrogen and oxygen atoms in total. The Labute approximate surface area is 99.3 Å². The Hall–Kier alpha value is -0.820. The molecule has 0 atom stereocenters. The first-order chi connectivity index (χ1) is 7.80. The van der Waals surface area contributed by atoms with Crippen molar-refractivity contribution in [3.63, 3.8) is 0 Å². The second-order valence-corrected chi connectivity index (χ2v) is 4.96. The Morgan fingerprint density at radius 1 is 1.12 bits per heavy atom. The van der Waals surface area contributed by atoms with Gasteiger partial charge in [0.05, 0.1) is 0 Å². The summed E-state index contributed by atoms with van der Waals surface area (Å²) in [6.45, 7) is 4.55. The summed E-state index contributed by atoms with van der Waals surface area (Å²) in [7, 11) is 0. The summed E-state index contributed by atoms with van der Waals surface area (Å²) in [4.78, 5) is 0. The molecule has 1 aromatic carbocycles. The van der Waals surface area contributed by atoms with Gasteiger partial charge in [0.1, 0.15) is 0 Å². The molecule has 1 saturated carbocycles. The van der Waals surface area contributed by atoms with E-state index >= 15 is 0 Å². The van der Waals surface area contributed by atoms with E-state index in [1.807, 2.05) is 0 Å². The van der Waals surface area contributed by atoms with Crippen LogP contribution in [-0.2, 0) is 5.54 Å². The van der Waals surface area contributed by atoms with E-state index in [2.05, 4.69) is 49.5 Å². The van der Waals surface area contributed by atoms with E-state index in [-0.39, 0.29) is 5.54 Å². The van der Waals surface area contributed by atoms with E-state index in [1.165, 1.54) is 37.7 Å². The fourth-order valence-corrected chi connectivity index (χ4v) is 2.69. The van der Waals surface area contributed by atoms with Crippen molar-refractivity contribution < 1.29 is 0 Å². The highest BCUT2D eigenvalue weighted by molar-refractivity contribution is 5.27. The minimum absolute atomic E-state index is 0.290. The third kappa shape index (κ3) is 2.15. The largest absolute Gasteiger partial charge is 0.305 e. The van der Waals surface area contributed by atoms with Crippen molar-refractivity contribution in [2.24, 2.45) is 0 Å². The molecule has 1 N–H and O–H groups in total. The van der Waals surface area contributed by atoms with Gasteiger partial charge in [-0.25, -0.2) is 0 Å². The Balaban J connectivity index is 2.14. The molecule has 1 heteroatoms. The van der Waals surface area contributed by atoms with Gasteiger partial charge in [0.15, 0.2) is 0 Å². The number of hydrogen-bond donors (Lipinski definition) is 1. The molecule has 1 aliphatic carbocycles. The second kappa shape index (κ2) is 5.01. The summed E-state index contributed by atoms with van der Waals surface area (Å²) in [6, 6.07) is 11.6. The maximum Gasteiger partial charge on any atom is 0.0436 e. The lowest BCUT2D eigenvalue weighted by Crippen LogP contribution is -2.52. The lowest BCUT2D eigenvalue weighted by Gasteiger charge is -2.45. The molecule has 1 fully saturated rings. The average Bonchev–Trinajstić information content (AvgIpc) is 2.30. The standard InChI is InChI=1S/C15H23N/c1-3-14(4-2)16-15(11-8-12-15)13-9-6-5-7-10-13/h5-7,9-10,14,16H,3-4,8,11-12H2,1-2H3. The Morgan fingerprint density at radius 3 is 2.19 bits per heavy atom. The van der Waals surface area contributed by atoms with Gasteiger partial charge in [-0.15, -0.1) is 0 Å². The molecule has 0 spiro atoms. The third-order valence-electron chi connectivity index (χ3n) is 4.00. The van der Waals surface area contributed by atoms with Crippen LogP contribution in [0.1, 0.15) is 51.5 Å². The molecular formula is C15H23N. The van der Waals surface area contributed by atoms with Crippen molar-refractivity contribution in [2.45, 2.75) is 57.5 Å². The second-order valence-electron chi connectivity index (χ2n) is 4.96. The Bertz CT molecular complexity index is 309. The number of hydrogen-bond acceptors (Lipinski definition) is 1. The van der Waals surface area contributed by atoms with E-state index in [1.54, 1.807) is 0 Å². The van der Waals surface area contributed by atoms with Crippen LogP contribution in [0.4, 0.5) is 0 Å². The average molecular weight is 217 g/mol. The molecule has 0 heterocycles. The van der Waals surface area contributed by atoms with Crippen molar-refractivity contribution in [1.82, 2.24) is 5.32 Å². The van der Waals surface area contributed by atoms with Gasteiger partial charge in [-0.3, -0.25) is 0 Å². The van der Waals surface area contributed by atoms with Crippen LogP contribution in [0.3, 0.4) is 0 Å². The molecule has 0 unspecified atom stereocenters. The van der Waals surface area contributed by atoms with Crippen LogP contribution < -0.4 is 5.32 Å². The fraction of sp³-hybridized carbons (Fsp3) is 0.600. The number of benzene rings is 1. The summed E-state index contributed by atoms with van der Waals surface area (Å²) >= 11 is 0. The van der Waals surface area contributed by atoms with Crippen molar-refractivity contribution in [3.05, 3.63) is 35.9 Å². The lowest BCUT2D eigenvalue weighted by molar-refractivity contribution is 0.159. The fourth-order valence-electron chi connectivity index (χ4n) is 2.69. The summed E-state index contributed by atoms with van der Waals surface area (Å²) in [5.41, 5.74) is 1.77. The molecule has 16 heavy (non-hydrogen) atoms. The first-order valence-electron chi connectivity index (χ1n) is 6.64. The highest BCUT2D eigenvalue weighted by Gasteiger charge is 2.39. The van der Waals surface area contributed by atoms with Gasteiger partial charge in [0.25, 0.3) is 0 Å². The molecule has 0 aliphatic heterocycles. The van der Waals surface area contributed by atoms with Crippen LogP contribution in [0.25, 0.3) is 0 Å². The first kappa shape index (κ1) is 11.7. The minimum atomic E-state index is 0.290. The zero-order valence-corrected chi connectivity index (χ0v) is 10.5. The topological polar surface area (TPSA) is 12.0 Å². The normalized spacial score (nSPS) is 18.4. The highest BCUT2D eigenvalue weighted by Crippen LogP contribution is 2.41. The highest BCUT2D eigenvalue weighted by atomic mass is 15.0. The van der Waals surface area contributed by atoms with Crippen LogP contribution in [0.15, 0.2) is 30.3 Å². The van der Waals surface area contributed by atoms with Crippen LogP contribution >= 0.6 is 0 Å². The van der Waals surface area contributed by atoms with Gasteiger partial charge >= 0.3 is 0 Å². The van der Waals surface area contributed by atoms with Crippen molar-refractivity contribution in [1.29, 1.82) is 0 Å². The van der Waals surface area contributed by atoms with Crippen LogP contribution in [0, 0.1) is 0 Å². The number of nitrogens with one attached hydrogen (secondary N) is 1. The summed E-state index contributed by atoms with van der Waals surface area (Å²) < 4.78 is 0. The summed E-state index contributed by atoms with van der Waals surface area (Å²) in [5.74, 6) is 0. The van der Waals surface area contributed by atoms with Gasteiger partial charge in [-0.1, -0.05) is 44.2 Å². The first-order valence-corrected chi connectivity index (χ1v) is 6.64. The van der Waals surface area contributed by atoms with Gasteiger partial charge in [0, 0.05) is 11.6 Å². The minimum Gasteiger partial charge on any atom is -0.305 e. The molecule has 0 amide bonds. The summed E-state index contributed by atoms with van der Waals surface area (Å²) in [5, 5.41) is 3.88. The molecule has 88 valence electrons. The quantitative estimate of drug-likeness (QED) is 0.790. The Kier molecular flexibility index (Phi) is 3.65. The molecule has 1 aliphatic rings. The third-order valence-corrected chi connectivity index (χ3v) is 4.00. The molecule has 1 aromatic rings. The van der Waals surface area contributed by atoms with Crippen LogP contribution in [-0.4, -0.2) is 6.04 Å². The molecular weight excluding hydrogens is 194 g/mol. The zero-order valence-electron chi connectivity index (χ0n) is 10.5. The maximum absolute atomic E-state index is 3.88. The van der Waals surface area contributed by atoms with E-state index in [4.69, 9.17) is 0 Å². The molecule has 0 saturated heterocycles. The van der Waals surface area contributed by atoms with Crippen molar-refractivity contribution in [2.75, 3.05) is 0 Å². The van der Waals surface area contributed by atoms with Gasteiger partial charge in [-0.05, 0) is 37.7 Å². The molecule has 0 aromatic heterocycles. The predicted octanol–water partition coefficient (Wildman–Crippen LogP) is 3.84. The van der Waals surface area contributed by atoms with Crippen molar-refractivity contribution in [3.8, 4) is 0 Å². The van der Waals surface area contributed by atoms with E-state index in [9.17, 15) is 0 Å². The lowest BCUT2D eigenvalue weighted by atomic mass is 9.71. The molecule has 0 bridgehead atoms. The predicted molar refractivity (Wildman–Crippen MR) is 69.5 cm³/mol. The Morgan fingerprint density at radius 2 is 1.75 bits per heavy atom. The zero-order chi connectivity index (χ0) is 11.4. The maximum atomic E-state index is 3.88. The van der Waals surface area contributed by atoms with E-state index in [0.29, 0.717) is 6.04 Å². The van der Waals surface area contributed by atoms with Gasteiger partial charge < -0.3 is 5.32 Å².